The maximum Gasteiger partial charge on any atom is 0.222 e. The van der Waals surface area contributed by atoms with Gasteiger partial charge < -0.3 is 4.98 Å². The van der Waals surface area contributed by atoms with Gasteiger partial charge in [-0.15, -0.1) is 0 Å². The Labute approximate surface area is 145 Å². The number of fused-ring (bicyclic) bond motifs is 1. The molecule has 8 heteroatoms. The molecule has 1 N–H and O–H groups in total. The van der Waals surface area contributed by atoms with E-state index < -0.39 is 11.6 Å². The number of nitrogens with one attached hydrogen (secondary N) is 1. The van der Waals surface area contributed by atoms with Crippen LogP contribution in [-0.4, -0.2) is 20.1 Å². The summed E-state index contributed by atoms with van der Waals surface area (Å²) in [5.74, 6) is -1.60. The van der Waals surface area contributed by atoms with Gasteiger partial charge in [-0.2, -0.15) is 0 Å². The van der Waals surface area contributed by atoms with Gasteiger partial charge in [0.1, 0.15) is 28.2 Å². The van der Waals surface area contributed by atoms with Crippen molar-refractivity contribution in [1.29, 1.82) is 0 Å². The lowest BCUT2D eigenvalue weighted by Gasteiger charge is -1.99. The lowest BCUT2D eigenvalue weighted by atomic mass is 10.2. The van der Waals surface area contributed by atoms with Gasteiger partial charge in [0.05, 0.1) is 5.56 Å². The van der Waals surface area contributed by atoms with Crippen molar-refractivity contribution in [3.8, 4) is 11.4 Å². The van der Waals surface area contributed by atoms with Crippen LogP contribution in [0.3, 0.4) is 0 Å². The number of aromatic nitrogens is 5. The van der Waals surface area contributed by atoms with Crippen molar-refractivity contribution in [2.24, 2.45) is 0 Å². The normalized spacial score (nSPS) is 11.2. The molecule has 25 heavy (non-hydrogen) atoms. The summed E-state index contributed by atoms with van der Waals surface area (Å²) in [6.45, 7) is 0.489. The molecule has 0 saturated carbocycles. The van der Waals surface area contributed by atoms with Gasteiger partial charge in [-0.3, -0.25) is 0 Å². The number of imidazole rings is 1. The first-order valence-electron chi connectivity index (χ1n) is 7.40. The van der Waals surface area contributed by atoms with Crippen LogP contribution in [0.5, 0.6) is 0 Å². The molecule has 0 atom stereocenters. The highest BCUT2D eigenvalue weighted by molar-refractivity contribution is 6.29. The molecule has 124 valence electrons. The third-order valence-corrected chi connectivity index (χ3v) is 3.93. The molecule has 0 aliphatic rings. The fourth-order valence-electron chi connectivity index (χ4n) is 2.50. The summed E-state index contributed by atoms with van der Waals surface area (Å²) in [6.07, 6.45) is 4.98. The van der Waals surface area contributed by atoms with Crippen molar-refractivity contribution in [2.75, 3.05) is 0 Å². The Kier molecular flexibility index (Phi) is 3.85. The van der Waals surface area contributed by atoms with Crippen molar-refractivity contribution in [2.45, 2.75) is 6.54 Å². The molecule has 3 aromatic heterocycles. The number of H-pyrrole nitrogens is 1. The first-order chi connectivity index (χ1) is 12.1. The van der Waals surface area contributed by atoms with Gasteiger partial charge in [0.15, 0.2) is 11.6 Å². The topological polar surface area (TPSA) is 58.3 Å². The molecule has 1 aromatic carbocycles. The first kappa shape index (κ1) is 15.6. The van der Waals surface area contributed by atoms with Crippen LogP contribution < -0.4 is 4.68 Å². The standard InChI is InChI=1S/C17H10ClF2N5/c18-15-5-4-10(6-21-15)8-25-9-14-13(7-22-25)23-17(24-14)11-2-1-3-12(19)16(11)20/h1-7,9H,8H2/p+1. The highest BCUT2D eigenvalue weighted by atomic mass is 35.5. The molecule has 0 bridgehead atoms. The molecule has 0 unspecified atom stereocenters. The summed E-state index contributed by atoms with van der Waals surface area (Å²) in [5.41, 5.74) is 2.22. The van der Waals surface area contributed by atoms with Crippen molar-refractivity contribution in [1.82, 2.24) is 20.1 Å². The minimum Gasteiger partial charge on any atom is -0.333 e. The highest BCUT2D eigenvalue weighted by Crippen LogP contribution is 2.23. The van der Waals surface area contributed by atoms with Crippen LogP contribution in [0.25, 0.3) is 22.4 Å². The minimum atomic E-state index is -0.936. The van der Waals surface area contributed by atoms with Gasteiger partial charge in [0.2, 0.25) is 12.7 Å². The van der Waals surface area contributed by atoms with Crippen LogP contribution >= 0.6 is 11.6 Å². The van der Waals surface area contributed by atoms with E-state index in [1.54, 1.807) is 29.3 Å². The first-order valence-corrected chi connectivity index (χ1v) is 7.78. The second-order valence-corrected chi connectivity index (χ2v) is 5.83. The summed E-state index contributed by atoms with van der Waals surface area (Å²) < 4.78 is 29.0. The van der Waals surface area contributed by atoms with Gasteiger partial charge >= 0.3 is 0 Å². The Hall–Kier alpha value is -2.93. The number of nitrogens with zero attached hydrogens (tertiary/aromatic N) is 4. The number of hydrogen-bond acceptors (Lipinski definition) is 3. The van der Waals surface area contributed by atoms with E-state index in [0.717, 1.165) is 11.6 Å². The van der Waals surface area contributed by atoms with Crippen molar-refractivity contribution >= 4 is 22.6 Å². The Balaban J connectivity index is 1.69. The fourth-order valence-corrected chi connectivity index (χ4v) is 2.61. The van der Waals surface area contributed by atoms with E-state index in [2.05, 4.69) is 20.1 Å². The molecule has 0 spiro atoms. The quantitative estimate of drug-likeness (QED) is 0.451. The second kappa shape index (κ2) is 6.18. The zero-order valence-electron chi connectivity index (χ0n) is 12.7. The molecule has 0 radical (unpaired) electrons. The van der Waals surface area contributed by atoms with Crippen LogP contribution in [0.1, 0.15) is 5.56 Å². The SMILES string of the molecule is Fc1cccc(-c2nc3cn[n+](Cc4ccc(Cl)nc4)cc3[nH]2)c1F. The van der Waals surface area contributed by atoms with Crippen molar-refractivity contribution in [3.63, 3.8) is 0 Å². The second-order valence-electron chi connectivity index (χ2n) is 5.45. The minimum absolute atomic E-state index is 0.0738. The zero-order valence-corrected chi connectivity index (χ0v) is 13.5. The van der Waals surface area contributed by atoms with Crippen molar-refractivity contribution < 1.29 is 13.5 Å². The number of benzene rings is 1. The van der Waals surface area contributed by atoms with Gasteiger partial charge in [-0.25, -0.2) is 18.7 Å². The van der Waals surface area contributed by atoms with Gasteiger partial charge in [-0.05, 0) is 29.4 Å². The number of hydrogen-bond donors (Lipinski definition) is 1. The van der Waals surface area contributed by atoms with Crippen molar-refractivity contribution in [3.05, 3.63) is 71.3 Å². The van der Waals surface area contributed by atoms with Crippen LogP contribution in [0, 0.1) is 11.6 Å². The summed E-state index contributed by atoms with van der Waals surface area (Å²) in [5, 5.41) is 4.70. The lowest BCUT2D eigenvalue weighted by Crippen LogP contribution is -2.37. The molecule has 0 aliphatic carbocycles. The Morgan fingerprint density at radius 3 is 2.80 bits per heavy atom. The van der Waals surface area contributed by atoms with Crippen LogP contribution in [-0.2, 0) is 6.54 Å². The highest BCUT2D eigenvalue weighted by Gasteiger charge is 2.16. The third kappa shape index (κ3) is 3.06. The molecule has 3 heterocycles. The number of aromatic amines is 1. The van der Waals surface area contributed by atoms with E-state index in [0.29, 0.717) is 22.7 Å². The average Bonchev–Trinajstić information content (AvgIpc) is 3.02. The molecule has 4 aromatic rings. The molecule has 0 saturated heterocycles. The van der Waals surface area contributed by atoms with E-state index in [1.165, 1.54) is 12.1 Å². The predicted molar refractivity (Wildman–Crippen MR) is 87.8 cm³/mol. The predicted octanol–water partition coefficient (Wildman–Crippen LogP) is 3.29. The smallest absolute Gasteiger partial charge is 0.222 e. The van der Waals surface area contributed by atoms with E-state index in [-0.39, 0.29) is 11.4 Å². The largest absolute Gasteiger partial charge is 0.333 e. The maximum atomic E-state index is 13.9. The van der Waals surface area contributed by atoms with Crippen LogP contribution in [0.2, 0.25) is 5.15 Å². The molecule has 0 amide bonds. The van der Waals surface area contributed by atoms with Gasteiger partial charge in [0.25, 0.3) is 0 Å². The number of halogens is 3. The zero-order chi connectivity index (χ0) is 17.4. The van der Waals surface area contributed by atoms with Crippen LogP contribution in [0.15, 0.2) is 48.9 Å². The Morgan fingerprint density at radius 1 is 1.12 bits per heavy atom. The monoisotopic (exact) mass is 358 g/mol. The molecule has 4 rings (SSSR count). The third-order valence-electron chi connectivity index (χ3n) is 3.71. The molecular formula is C17H11ClF2N5+. The molecular weight excluding hydrogens is 348 g/mol. The Bertz CT molecular complexity index is 1060. The Morgan fingerprint density at radius 2 is 2.00 bits per heavy atom. The van der Waals surface area contributed by atoms with Gasteiger partial charge in [-0.1, -0.05) is 22.3 Å². The van der Waals surface area contributed by atoms with E-state index in [4.69, 9.17) is 11.6 Å². The summed E-state index contributed by atoms with van der Waals surface area (Å²) in [7, 11) is 0. The summed E-state index contributed by atoms with van der Waals surface area (Å²) >= 11 is 5.77. The average molecular weight is 359 g/mol. The van der Waals surface area contributed by atoms with E-state index in [9.17, 15) is 8.78 Å². The number of rotatable bonds is 3. The van der Waals surface area contributed by atoms with Crippen LogP contribution in [0.4, 0.5) is 8.78 Å². The summed E-state index contributed by atoms with van der Waals surface area (Å²) in [4.78, 5) is 11.3. The molecule has 0 aliphatic heterocycles. The van der Waals surface area contributed by atoms with E-state index in [1.807, 2.05) is 6.07 Å². The molecule has 5 nitrogen and oxygen atoms in total. The molecule has 0 fully saturated rings. The fraction of sp³-hybridized carbons (Fsp3) is 0.0588. The lowest BCUT2D eigenvalue weighted by molar-refractivity contribution is -0.745. The number of pyridine rings is 1. The van der Waals surface area contributed by atoms with Gasteiger partial charge in [0, 0.05) is 11.8 Å². The maximum absolute atomic E-state index is 13.9. The summed E-state index contributed by atoms with van der Waals surface area (Å²) in [6, 6.07) is 7.53. The van der Waals surface area contributed by atoms with E-state index >= 15 is 0 Å².